The molecule has 2 aromatic carbocycles. The number of hydrogen-bond donors (Lipinski definition) is 2. The van der Waals surface area contributed by atoms with E-state index >= 15 is 0 Å². The third-order valence-corrected chi connectivity index (χ3v) is 4.38. The number of carbonyl (C=O) groups excluding carboxylic acids is 1. The molecule has 1 amide bonds. The zero-order valence-electron chi connectivity index (χ0n) is 13.9. The Bertz CT molecular complexity index is 943. The molecule has 5 nitrogen and oxygen atoms in total. The largest absolute Gasteiger partial charge is 0.396 e. The summed E-state index contributed by atoms with van der Waals surface area (Å²) < 4.78 is 52.3. The second-order valence-corrected chi connectivity index (χ2v) is 7.64. The first kappa shape index (κ1) is 18.9. The van der Waals surface area contributed by atoms with Gasteiger partial charge >= 0.3 is 0 Å². The van der Waals surface area contributed by atoms with Crippen molar-refractivity contribution in [1.29, 1.82) is 0 Å². The van der Waals surface area contributed by atoms with Crippen LogP contribution in [0.4, 0.5) is 14.5 Å². The number of sulfonamides is 1. The third-order valence-electron chi connectivity index (χ3n) is 3.81. The molecular formula is C17H18F2N2O3S. The molecule has 1 atom stereocenters. The number of anilines is 1. The van der Waals surface area contributed by atoms with E-state index in [-0.39, 0.29) is 11.3 Å². The van der Waals surface area contributed by atoms with Gasteiger partial charge in [0.25, 0.3) is 0 Å². The van der Waals surface area contributed by atoms with E-state index in [1.165, 1.54) is 25.1 Å². The molecule has 25 heavy (non-hydrogen) atoms. The Kier molecular flexibility index (Phi) is 5.12. The maximum absolute atomic E-state index is 14.5. The van der Waals surface area contributed by atoms with Crippen LogP contribution < -0.4 is 10.5 Å². The molecule has 134 valence electrons. The Morgan fingerprint density at radius 3 is 2.32 bits per heavy atom. The van der Waals surface area contributed by atoms with Crippen molar-refractivity contribution in [2.75, 3.05) is 12.0 Å². The summed E-state index contributed by atoms with van der Waals surface area (Å²) in [6.45, 7) is 3.14. The van der Waals surface area contributed by atoms with Gasteiger partial charge in [-0.2, -0.15) is 0 Å². The average Bonchev–Trinajstić information content (AvgIpc) is 2.48. The fourth-order valence-electron chi connectivity index (χ4n) is 2.44. The molecule has 0 heterocycles. The monoisotopic (exact) mass is 368 g/mol. The second kappa shape index (κ2) is 6.79. The van der Waals surface area contributed by atoms with Gasteiger partial charge in [-0.15, -0.1) is 0 Å². The molecule has 0 aliphatic rings. The highest BCUT2D eigenvalue weighted by molar-refractivity contribution is 7.89. The molecular weight excluding hydrogens is 350 g/mol. The van der Waals surface area contributed by atoms with Crippen molar-refractivity contribution in [2.24, 2.45) is 0 Å². The summed E-state index contributed by atoms with van der Waals surface area (Å²) in [5.74, 6) is -2.93. The number of halogens is 2. The normalized spacial score (nSPS) is 12.7. The van der Waals surface area contributed by atoms with Gasteiger partial charge in [-0.1, -0.05) is 12.1 Å². The van der Waals surface area contributed by atoms with Crippen molar-refractivity contribution < 1.29 is 22.0 Å². The van der Waals surface area contributed by atoms with E-state index in [4.69, 9.17) is 5.73 Å². The molecule has 2 aromatic rings. The first-order chi connectivity index (χ1) is 11.5. The molecule has 0 spiro atoms. The van der Waals surface area contributed by atoms with Gasteiger partial charge in [0.1, 0.15) is 11.6 Å². The Morgan fingerprint density at radius 2 is 1.76 bits per heavy atom. The fraction of sp³-hybridized carbons (Fsp3) is 0.235. The Hall–Kier alpha value is -2.48. The van der Waals surface area contributed by atoms with Crippen LogP contribution in [0.15, 0.2) is 30.3 Å². The van der Waals surface area contributed by atoms with Crippen molar-refractivity contribution in [3.63, 3.8) is 0 Å². The molecule has 0 aromatic heterocycles. The summed E-state index contributed by atoms with van der Waals surface area (Å²) in [7, 11) is -3.70. The smallest absolute Gasteiger partial charge is 0.240 e. The number of nitrogens with one attached hydrogen (secondary N) is 1. The third kappa shape index (κ3) is 4.33. The van der Waals surface area contributed by atoms with Crippen LogP contribution in [0.2, 0.25) is 0 Å². The molecule has 0 radical (unpaired) electrons. The summed E-state index contributed by atoms with van der Waals surface area (Å²) in [5, 5.41) is 0. The van der Waals surface area contributed by atoms with Crippen LogP contribution in [0.3, 0.4) is 0 Å². The minimum Gasteiger partial charge on any atom is -0.396 e. The van der Waals surface area contributed by atoms with Gasteiger partial charge in [-0.25, -0.2) is 17.2 Å². The number of nitrogen functional groups attached to an aromatic ring is 1. The predicted octanol–water partition coefficient (Wildman–Crippen LogP) is 2.70. The van der Waals surface area contributed by atoms with Gasteiger partial charge in [0.15, 0.2) is 0 Å². The van der Waals surface area contributed by atoms with Gasteiger partial charge < -0.3 is 5.73 Å². The van der Waals surface area contributed by atoms with Gasteiger partial charge in [0.2, 0.25) is 15.9 Å². The number of hydrogen-bond acceptors (Lipinski definition) is 4. The number of amides is 1. The average molecular weight is 368 g/mol. The maximum atomic E-state index is 14.5. The van der Waals surface area contributed by atoms with Crippen molar-refractivity contribution in [3.8, 4) is 11.1 Å². The number of benzene rings is 2. The number of nitrogens with two attached hydrogens (primary N) is 1. The van der Waals surface area contributed by atoms with Crippen molar-refractivity contribution in [2.45, 2.75) is 19.8 Å². The lowest BCUT2D eigenvalue weighted by Gasteiger charge is -2.14. The van der Waals surface area contributed by atoms with Crippen LogP contribution in [-0.2, 0) is 14.8 Å². The lowest BCUT2D eigenvalue weighted by molar-refractivity contribution is -0.120. The molecule has 0 saturated heterocycles. The van der Waals surface area contributed by atoms with E-state index in [1.807, 2.05) is 4.72 Å². The van der Waals surface area contributed by atoms with E-state index < -0.39 is 33.5 Å². The van der Waals surface area contributed by atoms with Crippen LogP contribution in [0.5, 0.6) is 0 Å². The van der Waals surface area contributed by atoms with Crippen molar-refractivity contribution >= 4 is 21.6 Å². The number of rotatable bonds is 4. The van der Waals surface area contributed by atoms with E-state index in [0.717, 1.165) is 18.4 Å². The standard InChI is InChI=1S/C17H18F2N2O3S/c1-9-6-16(20)15(19)8-13(9)12-5-4-11(7-14(12)18)10(2)17(22)21-25(3,23)24/h4-8,10H,20H2,1-3H3,(H,21,22). The first-order valence-corrected chi connectivity index (χ1v) is 9.26. The van der Waals surface area contributed by atoms with E-state index in [0.29, 0.717) is 16.7 Å². The summed E-state index contributed by atoms with van der Waals surface area (Å²) in [6.07, 6.45) is 0.861. The van der Waals surface area contributed by atoms with Gasteiger partial charge in [-0.3, -0.25) is 9.52 Å². The maximum Gasteiger partial charge on any atom is 0.240 e. The van der Waals surface area contributed by atoms with E-state index in [2.05, 4.69) is 0 Å². The zero-order chi connectivity index (χ0) is 18.9. The Balaban J connectivity index is 2.39. The SMILES string of the molecule is Cc1cc(N)c(F)cc1-c1ccc(C(C)C(=O)NS(C)(=O)=O)cc1F. The highest BCUT2D eigenvalue weighted by Gasteiger charge is 2.20. The van der Waals surface area contributed by atoms with Crippen LogP contribution in [0, 0.1) is 18.6 Å². The van der Waals surface area contributed by atoms with E-state index in [9.17, 15) is 22.0 Å². The molecule has 1 unspecified atom stereocenters. The fourth-order valence-corrected chi connectivity index (χ4v) is 2.98. The molecule has 3 N–H and O–H groups in total. The van der Waals surface area contributed by atoms with Crippen LogP contribution in [0.1, 0.15) is 24.0 Å². The lowest BCUT2D eigenvalue weighted by Crippen LogP contribution is -2.32. The van der Waals surface area contributed by atoms with Crippen LogP contribution >= 0.6 is 0 Å². The Labute approximate surface area is 144 Å². The number of carbonyl (C=O) groups is 1. The molecule has 2 rings (SSSR count). The topological polar surface area (TPSA) is 89.3 Å². The van der Waals surface area contributed by atoms with Gasteiger partial charge in [0, 0.05) is 5.56 Å². The lowest BCUT2D eigenvalue weighted by atomic mass is 9.94. The quantitative estimate of drug-likeness (QED) is 0.812. The molecule has 0 bridgehead atoms. The van der Waals surface area contributed by atoms with Gasteiger partial charge in [-0.05, 0) is 48.7 Å². The van der Waals surface area contributed by atoms with Gasteiger partial charge in [0.05, 0.1) is 17.9 Å². The minimum absolute atomic E-state index is 0.0238. The number of aryl methyl sites for hydroxylation is 1. The van der Waals surface area contributed by atoms with Crippen LogP contribution in [-0.4, -0.2) is 20.6 Å². The summed E-state index contributed by atoms with van der Waals surface area (Å²) in [5.41, 5.74) is 6.89. The highest BCUT2D eigenvalue weighted by Crippen LogP contribution is 2.31. The summed E-state index contributed by atoms with van der Waals surface area (Å²) in [6, 6.07) is 6.63. The molecule has 8 heteroatoms. The zero-order valence-corrected chi connectivity index (χ0v) is 14.7. The summed E-state index contributed by atoms with van der Waals surface area (Å²) >= 11 is 0. The second-order valence-electron chi connectivity index (χ2n) is 5.89. The molecule has 0 aliphatic carbocycles. The minimum atomic E-state index is -3.70. The van der Waals surface area contributed by atoms with Crippen LogP contribution in [0.25, 0.3) is 11.1 Å². The predicted molar refractivity (Wildman–Crippen MR) is 92.3 cm³/mol. The van der Waals surface area contributed by atoms with Crippen molar-refractivity contribution in [1.82, 2.24) is 4.72 Å². The molecule has 0 fully saturated rings. The molecule has 0 saturated carbocycles. The molecule has 0 aliphatic heterocycles. The summed E-state index contributed by atoms with van der Waals surface area (Å²) in [4.78, 5) is 11.9. The first-order valence-electron chi connectivity index (χ1n) is 7.36. The highest BCUT2D eigenvalue weighted by atomic mass is 32.2. The Morgan fingerprint density at radius 1 is 1.12 bits per heavy atom. The van der Waals surface area contributed by atoms with E-state index in [1.54, 1.807) is 6.92 Å². The van der Waals surface area contributed by atoms with Crippen molar-refractivity contribution in [3.05, 3.63) is 53.1 Å².